The molecule has 1 amide bonds. The minimum Gasteiger partial charge on any atom is -0.412 e. The van der Waals surface area contributed by atoms with Crippen LogP contribution in [-0.4, -0.2) is 60.9 Å². The van der Waals surface area contributed by atoms with Gasteiger partial charge in [0.2, 0.25) is 0 Å². The van der Waals surface area contributed by atoms with E-state index >= 15 is 0 Å². The molecule has 1 aliphatic carbocycles. The first-order valence-electron chi connectivity index (χ1n) is 9.10. The molecule has 2 N–H and O–H groups in total. The fourth-order valence-corrected chi connectivity index (χ4v) is 3.03. The molecule has 0 saturated heterocycles. The van der Waals surface area contributed by atoms with Gasteiger partial charge in [0.05, 0.1) is 13.0 Å². The van der Waals surface area contributed by atoms with Crippen LogP contribution in [0.5, 0.6) is 0 Å². The maximum Gasteiger partial charge on any atom is 0.466 e. The molecule has 1 unspecified atom stereocenters. The number of rotatable bonds is 9. The van der Waals surface area contributed by atoms with Gasteiger partial charge in [0.1, 0.15) is 5.57 Å². The Balaban J connectivity index is 3.32. The van der Waals surface area contributed by atoms with Gasteiger partial charge < -0.3 is 14.8 Å². The Morgan fingerprint density at radius 2 is 1.52 bits per heavy atom. The Kier molecular flexibility index (Phi) is 8.87. The number of carbonyl (C=O) groups is 2. The third-order valence-corrected chi connectivity index (χ3v) is 5.47. The van der Waals surface area contributed by atoms with Crippen molar-refractivity contribution in [3.63, 3.8) is 0 Å². The average molecular weight is 521 g/mol. The molecule has 192 valence electrons. The van der Waals surface area contributed by atoms with Gasteiger partial charge in [-0.25, -0.2) is 4.79 Å². The first kappa shape index (κ1) is 29.0. The van der Waals surface area contributed by atoms with E-state index in [0.29, 0.717) is 19.3 Å². The molecule has 0 spiro atoms. The molecule has 1 saturated carbocycles. The molecule has 17 heteroatoms. The number of amides is 1. The van der Waals surface area contributed by atoms with Crippen LogP contribution in [-0.2, 0) is 29.2 Å². The third kappa shape index (κ3) is 7.23. The second-order valence-electron chi connectivity index (χ2n) is 7.00. The molecule has 1 rings (SSSR count). The van der Waals surface area contributed by atoms with E-state index < -0.39 is 70.0 Å². The zero-order valence-corrected chi connectivity index (χ0v) is 17.4. The van der Waals surface area contributed by atoms with Crippen molar-refractivity contribution < 1.29 is 67.2 Å². The average Bonchev–Trinajstić information content (AvgIpc) is 2.64. The summed E-state index contributed by atoms with van der Waals surface area (Å²) < 4.78 is 144. The van der Waals surface area contributed by atoms with Gasteiger partial charge in [0.15, 0.2) is 0 Å². The van der Waals surface area contributed by atoms with E-state index in [0.717, 1.165) is 0 Å². The van der Waals surface area contributed by atoms with Crippen LogP contribution in [0.1, 0.15) is 38.5 Å². The first-order chi connectivity index (χ1) is 14.7. The summed E-state index contributed by atoms with van der Waals surface area (Å²) in [5.74, 6) is -9.97. The second kappa shape index (κ2) is 10.1. The zero-order valence-electron chi connectivity index (χ0n) is 16.6. The van der Waals surface area contributed by atoms with E-state index in [4.69, 9.17) is 4.55 Å². The molecule has 0 aromatic rings. The van der Waals surface area contributed by atoms with Gasteiger partial charge in [-0.2, -0.15) is 43.5 Å². The summed E-state index contributed by atoms with van der Waals surface area (Å²) in [5, 5.41) is -3.25. The van der Waals surface area contributed by atoms with E-state index in [9.17, 15) is 53.1 Å². The zero-order chi connectivity index (χ0) is 25.9. The number of esters is 1. The molecule has 0 bridgehead atoms. The third-order valence-electron chi connectivity index (χ3n) is 4.51. The summed E-state index contributed by atoms with van der Waals surface area (Å²) in [4.78, 5) is 24.1. The van der Waals surface area contributed by atoms with Crippen LogP contribution in [0.3, 0.4) is 0 Å². The Labute approximate surface area is 182 Å². The molecule has 0 radical (unpaired) electrons. The normalized spacial score (nSPS) is 18.3. The smallest absolute Gasteiger partial charge is 0.412 e. The molecule has 0 heterocycles. The summed E-state index contributed by atoms with van der Waals surface area (Å²) in [5.41, 5.74) is -2.46. The fraction of sp³-hybridized carbons (Fsp3) is 0.750. The Bertz CT molecular complexity index is 850. The van der Waals surface area contributed by atoms with Crippen LogP contribution in [0.4, 0.5) is 35.1 Å². The van der Waals surface area contributed by atoms with Crippen LogP contribution < -0.4 is 5.32 Å². The van der Waals surface area contributed by atoms with Crippen molar-refractivity contribution in [1.82, 2.24) is 5.32 Å². The van der Waals surface area contributed by atoms with E-state index in [1.807, 2.05) is 0 Å². The fourth-order valence-electron chi connectivity index (χ4n) is 2.69. The van der Waals surface area contributed by atoms with Crippen molar-refractivity contribution in [3.8, 4) is 0 Å². The molecule has 33 heavy (non-hydrogen) atoms. The SMILES string of the molecule is C=C(C(=O)OC(OCCC(F)(F)S(=O)(=O)O)(C(=O)NC1CCCCC1)C(F)(F)F)C(F)(F)F. The van der Waals surface area contributed by atoms with Gasteiger partial charge in [-0.1, -0.05) is 25.8 Å². The van der Waals surface area contributed by atoms with E-state index in [-0.39, 0.29) is 12.8 Å². The van der Waals surface area contributed by atoms with Gasteiger partial charge in [-0.15, -0.1) is 0 Å². The molecule has 1 fully saturated rings. The van der Waals surface area contributed by atoms with Gasteiger partial charge in [-0.05, 0) is 12.8 Å². The number of carbonyl (C=O) groups excluding carboxylic acids is 2. The van der Waals surface area contributed by atoms with Crippen molar-refractivity contribution in [1.29, 1.82) is 0 Å². The van der Waals surface area contributed by atoms with Gasteiger partial charge in [0, 0.05) is 6.04 Å². The van der Waals surface area contributed by atoms with Crippen LogP contribution >= 0.6 is 0 Å². The van der Waals surface area contributed by atoms with Gasteiger partial charge in [-0.3, -0.25) is 9.35 Å². The number of nitrogens with one attached hydrogen (secondary N) is 1. The van der Waals surface area contributed by atoms with Gasteiger partial charge in [0.25, 0.3) is 0 Å². The highest BCUT2D eigenvalue weighted by molar-refractivity contribution is 7.86. The Hall–Kier alpha value is -2.01. The summed E-state index contributed by atoms with van der Waals surface area (Å²) >= 11 is 0. The number of alkyl halides is 8. The summed E-state index contributed by atoms with van der Waals surface area (Å²) in [6.45, 7) is 0.243. The quantitative estimate of drug-likeness (QED) is 0.157. The molecule has 8 nitrogen and oxygen atoms in total. The first-order valence-corrected chi connectivity index (χ1v) is 10.5. The van der Waals surface area contributed by atoms with Crippen molar-refractivity contribution in [2.75, 3.05) is 6.61 Å². The van der Waals surface area contributed by atoms with E-state index in [1.54, 1.807) is 5.32 Å². The Morgan fingerprint density at radius 3 is 1.94 bits per heavy atom. The molecular formula is C16H19F8NO7S. The molecular weight excluding hydrogens is 502 g/mol. The monoisotopic (exact) mass is 521 g/mol. The predicted octanol–water partition coefficient (Wildman–Crippen LogP) is 3.24. The molecule has 1 atom stereocenters. The van der Waals surface area contributed by atoms with Gasteiger partial charge >= 0.3 is 45.4 Å². The minimum atomic E-state index is -6.12. The molecule has 0 aromatic heterocycles. The standard InChI is InChI=1S/C16H19F8NO7S/c1-9(15(19,20)21)11(26)32-14(16(22,23)24,12(27)25-10-5-3-2-4-6-10)31-8-7-13(17,18)33(28,29)30/h10H,1-8H2,(H,25,27)(H,28,29,30). The lowest BCUT2D eigenvalue weighted by Crippen LogP contribution is -2.63. The highest BCUT2D eigenvalue weighted by atomic mass is 32.2. The summed E-state index contributed by atoms with van der Waals surface area (Å²) in [6.07, 6.45) is -11.9. The van der Waals surface area contributed by atoms with Crippen LogP contribution in [0.2, 0.25) is 0 Å². The van der Waals surface area contributed by atoms with Crippen molar-refractivity contribution in [2.24, 2.45) is 0 Å². The van der Waals surface area contributed by atoms with Crippen LogP contribution in [0, 0.1) is 0 Å². The second-order valence-corrected chi connectivity index (χ2v) is 8.55. The number of halogens is 8. The lowest BCUT2D eigenvalue weighted by Gasteiger charge is -2.35. The topological polar surface area (TPSA) is 119 Å². The maximum atomic E-state index is 13.8. The van der Waals surface area contributed by atoms with Crippen molar-refractivity contribution >= 4 is 22.0 Å². The number of hydrogen-bond donors (Lipinski definition) is 2. The van der Waals surface area contributed by atoms with Crippen molar-refractivity contribution in [3.05, 3.63) is 12.2 Å². The number of ether oxygens (including phenoxy) is 2. The highest BCUT2D eigenvalue weighted by Crippen LogP contribution is 2.39. The lowest BCUT2D eigenvalue weighted by molar-refractivity contribution is -0.349. The van der Waals surface area contributed by atoms with Crippen molar-refractivity contribution in [2.45, 2.75) is 68.0 Å². The summed E-state index contributed by atoms with van der Waals surface area (Å²) in [7, 11) is -6.12. The molecule has 1 aliphatic rings. The predicted molar refractivity (Wildman–Crippen MR) is 92.2 cm³/mol. The minimum absolute atomic E-state index is 0.156. The maximum absolute atomic E-state index is 13.8. The van der Waals surface area contributed by atoms with E-state index in [1.165, 1.54) is 0 Å². The van der Waals surface area contributed by atoms with E-state index in [2.05, 4.69) is 16.1 Å². The molecule has 0 aromatic carbocycles. The summed E-state index contributed by atoms with van der Waals surface area (Å²) in [6, 6.07) is -0.930. The Morgan fingerprint density at radius 1 is 1.00 bits per heavy atom. The largest absolute Gasteiger partial charge is 0.466 e. The highest BCUT2D eigenvalue weighted by Gasteiger charge is 2.67. The lowest BCUT2D eigenvalue weighted by atomic mass is 9.95. The van der Waals surface area contributed by atoms with Crippen LogP contribution in [0.25, 0.3) is 0 Å². The molecule has 0 aliphatic heterocycles. The number of hydrogen-bond acceptors (Lipinski definition) is 6. The van der Waals surface area contributed by atoms with Crippen LogP contribution in [0.15, 0.2) is 12.2 Å².